The maximum atomic E-state index is 11.9. The van der Waals surface area contributed by atoms with Crippen LogP contribution in [-0.4, -0.2) is 23.4 Å². The van der Waals surface area contributed by atoms with Crippen LogP contribution >= 0.6 is 22.6 Å². The number of aromatic nitrogens is 1. The van der Waals surface area contributed by atoms with Crippen molar-refractivity contribution in [1.82, 2.24) is 4.98 Å². The molecule has 10 heteroatoms. The Hall–Kier alpha value is -1.33. The first kappa shape index (κ1) is 13.7. The van der Waals surface area contributed by atoms with Gasteiger partial charge >= 0.3 is 6.36 Å². The lowest BCUT2D eigenvalue weighted by atomic mass is 10.4. The summed E-state index contributed by atoms with van der Waals surface area (Å²) in [6.45, 7) is 0. The van der Waals surface area contributed by atoms with Crippen molar-refractivity contribution in [2.24, 2.45) is 0 Å². The predicted molar refractivity (Wildman–Crippen MR) is 56.8 cm³/mol. The van der Waals surface area contributed by atoms with Crippen molar-refractivity contribution in [3.8, 4) is 11.8 Å². The highest BCUT2D eigenvalue weighted by Crippen LogP contribution is 2.33. The molecule has 0 N–H and O–H groups in total. The lowest BCUT2D eigenvalue weighted by molar-refractivity contribution is -0.386. The minimum absolute atomic E-state index is 0.00961. The van der Waals surface area contributed by atoms with E-state index in [1.165, 1.54) is 0 Å². The first-order valence-corrected chi connectivity index (χ1v) is 4.97. The van der Waals surface area contributed by atoms with E-state index in [0.29, 0.717) is 6.07 Å². The molecule has 0 aliphatic carbocycles. The standard InChI is InChI=1S/C7H4F3IN2O4/c1-16-6-5(11)3(13(14)15)2-4(12-6)17-7(8,9)10/h2H,1H3. The summed E-state index contributed by atoms with van der Waals surface area (Å²) in [5, 5.41) is 10.6. The molecule has 0 spiro atoms. The Labute approximate surface area is 106 Å². The zero-order valence-corrected chi connectivity index (χ0v) is 10.3. The van der Waals surface area contributed by atoms with E-state index >= 15 is 0 Å². The van der Waals surface area contributed by atoms with E-state index in [9.17, 15) is 23.3 Å². The molecule has 0 amide bonds. The van der Waals surface area contributed by atoms with Gasteiger partial charge in [-0.25, -0.2) is 0 Å². The lowest BCUT2D eigenvalue weighted by Gasteiger charge is -2.09. The average molecular weight is 364 g/mol. The summed E-state index contributed by atoms with van der Waals surface area (Å²) in [6.07, 6.45) is -4.97. The van der Waals surface area contributed by atoms with E-state index in [0.717, 1.165) is 7.11 Å². The SMILES string of the molecule is COc1nc(OC(F)(F)F)cc([N+](=O)[O-])c1I. The van der Waals surface area contributed by atoms with Crippen molar-refractivity contribution in [3.05, 3.63) is 19.8 Å². The van der Waals surface area contributed by atoms with Crippen LogP contribution in [0.3, 0.4) is 0 Å². The van der Waals surface area contributed by atoms with Crippen LogP contribution in [0.4, 0.5) is 18.9 Å². The molecule has 6 nitrogen and oxygen atoms in total. The quantitative estimate of drug-likeness (QED) is 0.468. The molecule has 0 unspecified atom stereocenters. The highest BCUT2D eigenvalue weighted by atomic mass is 127. The second-order valence-electron chi connectivity index (χ2n) is 2.61. The number of nitrogens with zero attached hydrogens (tertiary/aromatic N) is 2. The molecule has 0 saturated carbocycles. The van der Waals surface area contributed by atoms with Gasteiger partial charge in [0, 0.05) is 0 Å². The Balaban J connectivity index is 3.25. The topological polar surface area (TPSA) is 74.5 Å². The number of methoxy groups -OCH3 is 1. The van der Waals surface area contributed by atoms with Gasteiger partial charge in [0.2, 0.25) is 11.8 Å². The number of halogens is 4. The highest BCUT2D eigenvalue weighted by Gasteiger charge is 2.33. The van der Waals surface area contributed by atoms with Gasteiger partial charge in [-0.3, -0.25) is 10.1 Å². The lowest BCUT2D eigenvalue weighted by Crippen LogP contribution is -2.18. The Kier molecular flexibility index (Phi) is 3.95. The summed E-state index contributed by atoms with van der Waals surface area (Å²) >= 11 is 1.54. The molecular weight excluding hydrogens is 360 g/mol. The first-order chi connectivity index (χ1) is 7.74. The molecule has 1 rings (SSSR count). The molecule has 17 heavy (non-hydrogen) atoms. The summed E-state index contributed by atoms with van der Waals surface area (Å²) in [7, 11) is 1.13. The largest absolute Gasteiger partial charge is 0.574 e. The summed E-state index contributed by atoms with van der Waals surface area (Å²) in [4.78, 5) is 13.1. The second-order valence-corrected chi connectivity index (χ2v) is 3.69. The second kappa shape index (κ2) is 4.89. The molecule has 0 aromatic carbocycles. The van der Waals surface area contributed by atoms with Crippen LogP contribution in [0.1, 0.15) is 0 Å². The maximum absolute atomic E-state index is 11.9. The van der Waals surface area contributed by atoms with Crippen molar-refractivity contribution < 1.29 is 27.6 Å². The average Bonchev–Trinajstić information content (AvgIpc) is 2.17. The highest BCUT2D eigenvalue weighted by molar-refractivity contribution is 14.1. The Morgan fingerprint density at radius 3 is 2.53 bits per heavy atom. The number of nitro groups is 1. The smallest absolute Gasteiger partial charge is 0.480 e. The molecule has 0 aliphatic rings. The Morgan fingerprint density at radius 1 is 1.53 bits per heavy atom. The monoisotopic (exact) mass is 364 g/mol. The molecule has 1 heterocycles. The van der Waals surface area contributed by atoms with Crippen LogP contribution in [0.2, 0.25) is 0 Å². The summed E-state index contributed by atoms with van der Waals surface area (Å²) < 4.78 is 43.9. The van der Waals surface area contributed by atoms with E-state index in [1.54, 1.807) is 22.6 Å². The van der Waals surface area contributed by atoms with Gasteiger partial charge in [0.15, 0.2) is 3.57 Å². The van der Waals surface area contributed by atoms with Crippen LogP contribution in [-0.2, 0) is 0 Å². The molecule has 0 bridgehead atoms. The zero-order valence-electron chi connectivity index (χ0n) is 8.12. The normalized spacial score (nSPS) is 11.1. The van der Waals surface area contributed by atoms with E-state index in [1.807, 2.05) is 0 Å². The fraction of sp³-hybridized carbons (Fsp3) is 0.286. The fourth-order valence-corrected chi connectivity index (χ4v) is 1.60. The molecule has 0 atom stereocenters. The molecule has 0 radical (unpaired) electrons. The van der Waals surface area contributed by atoms with Gasteiger partial charge in [-0.1, -0.05) is 0 Å². The first-order valence-electron chi connectivity index (χ1n) is 3.89. The fourth-order valence-electron chi connectivity index (χ4n) is 0.910. The number of rotatable bonds is 3. The third kappa shape index (κ3) is 3.57. The Bertz CT molecular complexity index is 451. The number of alkyl halides is 3. The van der Waals surface area contributed by atoms with Gasteiger partial charge in [-0.2, -0.15) is 4.98 Å². The van der Waals surface area contributed by atoms with E-state index < -0.39 is 22.9 Å². The third-order valence-electron chi connectivity index (χ3n) is 1.49. The maximum Gasteiger partial charge on any atom is 0.574 e. The molecule has 1 aromatic rings. The van der Waals surface area contributed by atoms with Crippen LogP contribution < -0.4 is 9.47 Å². The molecule has 0 aliphatic heterocycles. The number of hydrogen-bond acceptors (Lipinski definition) is 5. The van der Waals surface area contributed by atoms with Crippen LogP contribution in [0.5, 0.6) is 11.8 Å². The Morgan fingerprint density at radius 2 is 2.12 bits per heavy atom. The van der Waals surface area contributed by atoms with E-state index in [2.05, 4.69) is 14.5 Å². The third-order valence-corrected chi connectivity index (χ3v) is 2.51. The number of pyridine rings is 1. The molecule has 0 fully saturated rings. The van der Waals surface area contributed by atoms with Crippen LogP contribution in [0.15, 0.2) is 6.07 Å². The van der Waals surface area contributed by atoms with E-state index in [4.69, 9.17) is 0 Å². The van der Waals surface area contributed by atoms with E-state index in [-0.39, 0.29) is 9.45 Å². The van der Waals surface area contributed by atoms with Gasteiger partial charge in [0.25, 0.3) is 5.69 Å². The molecule has 1 aromatic heterocycles. The molecule has 0 saturated heterocycles. The minimum atomic E-state index is -4.97. The van der Waals surface area contributed by atoms with Gasteiger partial charge in [0.05, 0.1) is 18.1 Å². The number of ether oxygens (including phenoxy) is 2. The number of hydrogen-bond donors (Lipinski definition) is 0. The van der Waals surface area contributed by atoms with Gasteiger partial charge < -0.3 is 9.47 Å². The van der Waals surface area contributed by atoms with Crippen molar-refractivity contribution >= 4 is 28.3 Å². The predicted octanol–water partition coefficient (Wildman–Crippen LogP) is 2.50. The van der Waals surface area contributed by atoms with Crippen molar-refractivity contribution in [1.29, 1.82) is 0 Å². The zero-order chi connectivity index (χ0) is 13.2. The molecule has 94 valence electrons. The van der Waals surface area contributed by atoms with Crippen LogP contribution in [0, 0.1) is 13.7 Å². The van der Waals surface area contributed by atoms with Crippen molar-refractivity contribution in [2.45, 2.75) is 6.36 Å². The van der Waals surface area contributed by atoms with Crippen LogP contribution in [0.25, 0.3) is 0 Å². The molecular formula is C7H4F3IN2O4. The van der Waals surface area contributed by atoms with Gasteiger partial charge in [-0.15, -0.1) is 13.2 Å². The summed E-state index contributed by atoms with van der Waals surface area (Å²) in [5.74, 6) is -1.25. The van der Waals surface area contributed by atoms with Gasteiger partial charge in [-0.05, 0) is 22.6 Å². The van der Waals surface area contributed by atoms with Crippen molar-refractivity contribution in [2.75, 3.05) is 7.11 Å². The summed E-state index contributed by atoms with van der Waals surface area (Å²) in [5.41, 5.74) is -0.572. The summed E-state index contributed by atoms with van der Waals surface area (Å²) in [6, 6.07) is 0.581. The minimum Gasteiger partial charge on any atom is -0.480 e. The van der Waals surface area contributed by atoms with Crippen molar-refractivity contribution in [3.63, 3.8) is 0 Å². The van der Waals surface area contributed by atoms with Gasteiger partial charge in [0.1, 0.15) is 0 Å².